The highest BCUT2D eigenvalue weighted by Gasteiger charge is 2.32. The number of rotatable bonds is 7. The maximum absolute atomic E-state index is 12.6. The highest BCUT2D eigenvalue weighted by atomic mass is 19.4. The Morgan fingerprint density at radius 3 is 2.48 bits per heavy atom. The average Bonchev–Trinajstić information content (AvgIpc) is 2.41. The number of amides is 1. The van der Waals surface area contributed by atoms with E-state index in [1.165, 1.54) is 0 Å². The summed E-state index contributed by atoms with van der Waals surface area (Å²) in [4.78, 5) is 21.4. The number of carbonyl (C=O) groups is 1. The van der Waals surface area contributed by atoms with Gasteiger partial charge in [-0.15, -0.1) is 0 Å². The minimum Gasteiger partial charge on any atom is -0.378 e. The number of nitrogens with zero attached hydrogens (tertiary/aromatic N) is 1. The molecule has 9 heteroatoms. The number of anilines is 1. The summed E-state index contributed by atoms with van der Waals surface area (Å²) in [5.41, 5.74) is -1.77. The maximum Gasteiger partial charge on any atom is 0.416 e. The molecule has 0 spiro atoms. The summed E-state index contributed by atoms with van der Waals surface area (Å²) in [7, 11) is 0. The molecule has 0 aliphatic rings. The lowest BCUT2D eigenvalue weighted by atomic mass is 10.1. The molecule has 1 amide bonds. The van der Waals surface area contributed by atoms with E-state index in [-0.39, 0.29) is 30.6 Å². The fourth-order valence-electron chi connectivity index (χ4n) is 1.85. The van der Waals surface area contributed by atoms with Gasteiger partial charge in [0.05, 0.1) is 10.5 Å². The lowest BCUT2D eigenvalue weighted by molar-refractivity contribution is -0.384. The van der Waals surface area contributed by atoms with Crippen molar-refractivity contribution in [1.82, 2.24) is 5.32 Å². The van der Waals surface area contributed by atoms with Gasteiger partial charge in [0.15, 0.2) is 0 Å². The number of nitro benzene ring substituents is 1. The van der Waals surface area contributed by atoms with E-state index in [2.05, 4.69) is 10.6 Å². The number of nitro groups is 1. The molecule has 1 rings (SSSR count). The van der Waals surface area contributed by atoms with Crippen molar-refractivity contribution in [3.63, 3.8) is 0 Å². The number of carbonyl (C=O) groups excluding carboxylic acids is 1. The molecular weight excluding hydrogens is 315 g/mol. The van der Waals surface area contributed by atoms with Gasteiger partial charge in [0.25, 0.3) is 5.69 Å². The van der Waals surface area contributed by atoms with Crippen LogP contribution in [-0.2, 0) is 11.0 Å². The Balaban J connectivity index is 2.67. The molecule has 1 aromatic carbocycles. The van der Waals surface area contributed by atoms with Crippen LogP contribution < -0.4 is 10.6 Å². The van der Waals surface area contributed by atoms with Crippen molar-refractivity contribution in [3.8, 4) is 0 Å². The zero-order valence-corrected chi connectivity index (χ0v) is 12.7. The normalized spacial score (nSPS) is 11.4. The quantitative estimate of drug-likeness (QED) is 0.456. The Hall–Kier alpha value is -2.32. The van der Waals surface area contributed by atoms with Crippen LogP contribution in [0.2, 0.25) is 0 Å². The predicted octanol–water partition coefficient (Wildman–Crippen LogP) is 3.19. The van der Waals surface area contributed by atoms with Crippen LogP contribution in [0.25, 0.3) is 0 Å². The SMILES string of the molecule is CC(C)CC(=O)NCCNc1ccc(C(F)(F)F)cc1[N+](=O)[O-]. The molecule has 0 fully saturated rings. The topological polar surface area (TPSA) is 84.3 Å². The van der Waals surface area contributed by atoms with Crippen LogP contribution in [0.3, 0.4) is 0 Å². The Morgan fingerprint density at radius 1 is 1.30 bits per heavy atom. The first kappa shape index (κ1) is 18.7. The minimum atomic E-state index is -4.64. The number of nitrogens with one attached hydrogen (secondary N) is 2. The van der Waals surface area contributed by atoms with Crippen LogP contribution in [0.1, 0.15) is 25.8 Å². The second-order valence-corrected chi connectivity index (χ2v) is 5.36. The molecule has 23 heavy (non-hydrogen) atoms. The summed E-state index contributed by atoms with van der Waals surface area (Å²) in [5, 5.41) is 16.2. The smallest absolute Gasteiger partial charge is 0.378 e. The predicted molar refractivity (Wildman–Crippen MR) is 79.1 cm³/mol. The zero-order chi connectivity index (χ0) is 17.6. The van der Waals surface area contributed by atoms with Gasteiger partial charge in [-0.3, -0.25) is 14.9 Å². The molecule has 128 valence electrons. The molecule has 0 aliphatic heterocycles. The molecule has 0 atom stereocenters. The van der Waals surface area contributed by atoms with Crippen molar-refractivity contribution in [2.24, 2.45) is 5.92 Å². The molecule has 0 aliphatic carbocycles. The zero-order valence-electron chi connectivity index (χ0n) is 12.7. The van der Waals surface area contributed by atoms with E-state index in [0.717, 1.165) is 12.1 Å². The molecule has 0 heterocycles. The summed E-state index contributed by atoms with van der Waals surface area (Å²) in [6.07, 6.45) is -4.28. The lowest BCUT2D eigenvalue weighted by Gasteiger charge is -2.11. The Kier molecular flexibility index (Phi) is 6.35. The Bertz CT molecular complexity index is 574. The first-order valence-electron chi connectivity index (χ1n) is 6.97. The van der Waals surface area contributed by atoms with E-state index in [9.17, 15) is 28.1 Å². The van der Waals surface area contributed by atoms with Crippen LogP contribution in [0, 0.1) is 16.0 Å². The number of hydrogen-bond acceptors (Lipinski definition) is 4. The molecule has 0 saturated heterocycles. The molecule has 2 N–H and O–H groups in total. The summed E-state index contributed by atoms with van der Waals surface area (Å²) in [6, 6.07) is 2.27. The van der Waals surface area contributed by atoms with Crippen molar-refractivity contribution < 1.29 is 22.9 Å². The van der Waals surface area contributed by atoms with E-state index in [4.69, 9.17) is 0 Å². The van der Waals surface area contributed by atoms with Crippen LogP contribution in [0.15, 0.2) is 18.2 Å². The van der Waals surface area contributed by atoms with Gasteiger partial charge >= 0.3 is 6.18 Å². The van der Waals surface area contributed by atoms with Gasteiger partial charge in [0.1, 0.15) is 5.69 Å². The second-order valence-electron chi connectivity index (χ2n) is 5.36. The van der Waals surface area contributed by atoms with Gasteiger partial charge in [-0.25, -0.2) is 0 Å². The van der Waals surface area contributed by atoms with Gasteiger partial charge in [0.2, 0.25) is 5.91 Å². The fraction of sp³-hybridized carbons (Fsp3) is 0.500. The molecule has 0 bridgehead atoms. The molecule has 0 saturated carbocycles. The maximum atomic E-state index is 12.6. The van der Waals surface area contributed by atoms with Crippen LogP contribution in [0.4, 0.5) is 24.5 Å². The van der Waals surface area contributed by atoms with E-state index >= 15 is 0 Å². The van der Waals surface area contributed by atoms with Crippen molar-refractivity contribution in [2.75, 3.05) is 18.4 Å². The number of benzene rings is 1. The third kappa shape index (κ3) is 6.13. The molecule has 0 radical (unpaired) electrons. The van der Waals surface area contributed by atoms with Crippen LogP contribution >= 0.6 is 0 Å². The van der Waals surface area contributed by atoms with E-state index in [1.807, 2.05) is 13.8 Å². The summed E-state index contributed by atoms with van der Waals surface area (Å²) in [6.45, 7) is 4.16. The number of halogens is 3. The van der Waals surface area contributed by atoms with Gasteiger partial charge in [-0.1, -0.05) is 13.8 Å². The van der Waals surface area contributed by atoms with Gasteiger partial charge in [0, 0.05) is 25.6 Å². The van der Waals surface area contributed by atoms with Crippen molar-refractivity contribution in [3.05, 3.63) is 33.9 Å². The van der Waals surface area contributed by atoms with E-state index in [0.29, 0.717) is 12.5 Å². The second kappa shape index (κ2) is 7.80. The lowest BCUT2D eigenvalue weighted by Crippen LogP contribution is -2.29. The molecular formula is C14H18F3N3O3. The third-order valence-corrected chi connectivity index (χ3v) is 2.88. The monoisotopic (exact) mass is 333 g/mol. The summed E-state index contributed by atoms with van der Waals surface area (Å²) < 4.78 is 37.7. The van der Waals surface area contributed by atoms with Gasteiger partial charge in [-0.2, -0.15) is 13.2 Å². The van der Waals surface area contributed by atoms with Gasteiger partial charge < -0.3 is 10.6 Å². The van der Waals surface area contributed by atoms with Crippen molar-refractivity contribution >= 4 is 17.3 Å². The van der Waals surface area contributed by atoms with E-state index < -0.39 is 22.4 Å². The number of alkyl halides is 3. The minimum absolute atomic E-state index is 0.0268. The molecule has 0 aromatic heterocycles. The van der Waals surface area contributed by atoms with Gasteiger partial charge in [-0.05, 0) is 18.1 Å². The Morgan fingerprint density at radius 2 is 1.96 bits per heavy atom. The van der Waals surface area contributed by atoms with E-state index in [1.54, 1.807) is 0 Å². The highest BCUT2D eigenvalue weighted by molar-refractivity contribution is 5.76. The highest BCUT2D eigenvalue weighted by Crippen LogP contribution is 2.34. The first-order chi connectivity index (χ1) is 10.6. The number of hydrogen-bond donors (Lipinski definition) is 2. The Labute approximate surface area is 131 Å². The molecule has 0 unspecified atom stereocenters. The standard InChI is InChI=1S/C14H18F3N3O3/c1-9(2)7-13(21)19-6-5-18-11-4-3-10(14(15,16)17)8-12(11)20(22)23/h3-4,8-9,18H,5-7H2,1-2H3,(H,19,21). The molecule has 6 nitrogen and oxygen atoms in total. The molecule has 1 aromatic rings. The van der Waals surface area contributed by atoms with Crippen molar-refractivity contribution in [1.29, 1.82) is 0 Å². The largest absolute Gasteiger partial charge is 0.416 e. The van der Waals surface area contributed by atoms with Crippen LogP contribution in [0.5, 0.6) is 0 Å². The van der Waals surface area contributed by atoms with Crippen molar-refractivity contribution in [2.45, 2.75) is 26.4 Å². The first-order valence-corrected chi connectivity index (χ1v) is 6.97. The van der Waals surface area contributed by atoms with Crippen LogP contribution in [-0.4, -0.2) is 23.9 Å². The average molecular weight is 333 g/mol. The third-order valence-electron chi connectivity index (χ3n) is 2.88. The fourth-order valence-corrected chi connectivity index (χ4v) is 1.85. The summed E-state index contributed by atoms with van der Waals surface area (Å²) in [5.74, 6) is 0.0580. The summed E-state index contributed by atoms with van der Waals surface area (Å²) >= 11 is 0.